The first-order chi connectivity index (χ1) is 17.4. The number of amides is 1. The quantitative estimate of drug-likeness (QED) is 0.246. The van der Waals surface area contributed by atoms with E-state index in [4.69, 9.17) is 16.6 Å². The van der Waals surface area contributed by atoms with Crippen molar-refractivity contribution in [3.8, 4) is 0 Å². The summed E-state index contributed by atoms with van der Waals surface area (Å²) in [6.45, 7) is 7.47. The van der Waals surface area contributed by atoms with Crippen LogP contribution in [0.1, 0.15) is 45.6 Å². The van der Waals surface area contributed by atoms with Crippen LogP contribution in [-0.4, -0.2) is 51.4 Å². The van der Waals surface area contributed by atoms with Gasteiger partial charge in [0.15, 0.2) is 0 Å². The lowest BCUT2D eigenvalue weighted by molar-refractivity contribution is 0.0598. The van der Waals surface area contributed by atoms with E-state index in [-0.39, 0.29) is 5.91 Å². The van der Waals surface area contributed by atoms with Gasteiger partial charge in [-0.2, -0.15) is 0 Å². The van der Waals surface area contributed by atoms with Crippen molar-refractivity contribution in [2.45, 2.75) is 45.7 Å². The third-order valence-corrected chi connectivity index (χ3v) is 7.16. The number of aryl methyl sites for hydroxylation is 2. The van der Waals surface area contributed by atoms with Gasteiger partial charge in [-0.1, -0.05) is 6.07 Å². The minimum Gasteiger partial charge on any atom is -0.397 e. The highest BCUT2D eigenvalue weighted by Crippen LogP contribution is 2.27. The molecule has 0 spiro atoms. The molecular formula is C27H34N8O. The van der Waals surface area contributed by atoms with Gasteiger partial charge in [0.2, 0.25) is 5.95 Å². The summed E-state index contributed by atoms with van der Waals surface area (Å²) in [5, 5.41) is 3.36. The number of carbonyl (C=O) groups is 1. The number of piperidine rings is 1. The summed E-state index contributed by atoms with van der Waals surface area (Å²) in [6.07, 6.45) is 4.76. The molecule has 0 saturated carbocycles. The first-order valence-electron chi connectivity index (χ1n) is 12.5. The molecule has 9 heteroatoms. The first-order valence-corrected chi connectivity index (χ1v) is 12.5. The Hall–Kier alpha value is -3.69. The first kappa shape index (κ1) is 24.0. The smallest absolute Gasteiger partial charge is 0.253 e. The van der Waals surface area contributed by atoms with Gasteiger partial charge < -0.3 is 21.4 Å². The van der Waals surface area contributed by atoms with Gasteiger partial charge in [-0.15, -0.1) is 0 Å². The van der Waals surface area contributed by atoms with Crippen molar-refractivity contribution < 1.29 is 4.79 Å². The number of hydrazine groups is 1. The molecule has 3 heterocycles. The Kier molecular flexibility index (Phi) is 6.75. The van der Waals surface area contributed by atoms with E-state index in [0.29, 0.717) is 28.9 Å². The minimum absolute atomic E-state index is 0.0185. The third kappa shape index (κ3) is 5.12. The molecule has 2 aliphatic heterocycles. The maximum Gasteiger partial charge on any atom is 0.253 e. The standard InChI is InChI=1S/C27H34N8O/c1-17-11-18(2)13-21(12-17)31-27-30-15-20-16-35(10-7-24(20)32-27)22-5-8-34(9-6-22)26(36)19-3-4-25(33-29)23(28)14-19/h3-4,11-15,22,33H,5-10,16,28-29H2,1-2H3,(H,30,31,32). The van der Waals surface area contributed by atoms with Crippen LogP contribution in [-0.2, 0) is 13.0 Å². The van der Waals surface area contributed by atoms with Crippen LogP contribution in [0.5, 0.6) is 0 Å². The summed E-state index contributed by atoms with van der Waals surface area (Å²) in [7, 11) is 0. The number of aromatic nitrogens is 2. The number of hydrogen-bond acceptors (Lipinski definition) is 8. The minimum atomic E-state index is 0.0185. The number of nitrogens with one attached hydrogen (secondary N) is 2. The Morgan fingerprint density at radius 3 is 2.50 bits per heavy atom. The molecule has 2 aliphatic rings. The Morgan fingerprint density at radius 1 is 1.06 bits per heavy atom. The van der Waals surface area contributed by atoms with Crippen molar-refractivity contribution in [1.82, 2.24) is 19.8 Å². The fraction of sp³-hybridized carbons (Fsp3) is 0.370. The van der Waals surface area contributed by atoms with Crippen molar-refractivity contribution in [3.63, 3.8) is 0 Å². The van der Waals surface area contributed by atoms with Crippen molar-refractivity contribution in [2.24, 2.45) is 5.84 Å². The van der Waals surface area contributed by atoms with Gasteiger partial charge in [-0.3, -0.25) is 15.5 Å². The van der Waals surface area contributed by atoms with Gasteiger partial charge in [-0.05, 0) is 68.1 Å². The van der Waals surface area contributed by atoms with E-state index >= 15 is 0 Å². The molecule has 9 nitrogen and oxygen atoms in total. The highest BCUT2D eigenvalue weighted by Gasteiger charge is 2.30. The number of nitrogens with zero attached hydrogens (tertiary/aromatic N) is 4. The molecule has 2 aromatic carbocycles. The number of nitrogens with two attached hydrogens (primary N) is 2. The second-order valence-corrected chi connectivity index (χ2v) is 9.86. The fourth-order valence-corrected chi connectivity index (χ4v) is 5.33. The largest absolute Gasteiger partial charge is 0.397 e. The van der Waals surface area contributed by atoms with Gasteiger partial charge in [0.1, 0.15) is 0 Å². The molecule has 1 aromatic heterocycles. The molecular weight excluding hydrogens is 452 g/mol. The van der Waals surface area contributed by atoms with Crippen molar-refractivity contribution in [1.29, 1.82) is 0 Å². The molecule has 188 valence electrons. The number of benzene rings is 2. The third-order valence-electron chi connectivity index (χ3n) is 7.16. The zero-order valence-electron chi connectivity index (χ0n) is 20.9. The zero-order chi connectivity index (χ0) is 25.2. The van der Waals surface area contributed by atoms with E-state index in [1.807, 2.05) is 11.1 Å². The lowest BCUT2D eigenvalue weighted by Gasteiger charge is -2.40. The molecule has 1 fully saturated rings. The lowest BCUT2D eigenvalue weighted by Crippen LogP contribution is -2.48. The molecule has 0 atom stereocenters. The van der Waals surface area contributed by atoms with E-state index in [2.05, 4.69) is 52.7 Å². The van der Waals surface area contributed by atoms with Gasteiger partial charge in [0.05, 0.1) is 17.1 Å². The zero-order valence-corrected chi connectivity index (χ0v) is 20.9. The average molecular weight is 487 g/mol. The van der Waals surface area contributed by atoms with Gasteiger partial charge in [-0.25, -0.2) is 9.97 Å². The van der Waals surface area contributed by atoms with Crippen LogP contribution in [0.2, 0.25) is 0 Å². The molecule has 0 aliphatic carbocycles. The maximum absolute atomic E-state index is 13.0. The molecule has 0 bridgehead atoms. The van der Waals surface area contributed by atoms with E-state index < -0.39 is 0 Å². The normalized spacial score (nSPS) is 16.5. The predicted octanol–water partition coefficient (Wildman–Crippen LogP) is 3.37. The summed E-state index contributed by atoms with van der Waals surface area (Å²) in [4.78, 5) is 26.8. The monoisotopic (exact) mass is 486 g/mol. The Bertz CT molecular complexity index is 1250. The molecule has 6 N–H and O–H groups in total. The Morgan fingerprint density at radius 2 is 1.81 bits per heavy atom. The number of fused-ring (bicyclic) bond motifs is 1. The fourth-order valence-electron chi connectivity index (χ4n) is 5.33. The van der Waals surface area contributed by atoms with Crippen LogP contribution in [0.15, 0.2) is 42.6 Å². The summed E-state index contributed by atoms with van der Waals surface area (Å²) in [5.74, 6) is 6.11. The van der Waals surface area contributed by atoms with Crippen molar-refractivity contribution >= 4 is 28.9 Å². The van der Waals surface area contributed by atoms with Gasteiger partial charge >= 0.3 is 0 Å². The van der Waals surface area contributed by atoms with Crippen LogP contribution in [0.3, 0.4) is 0 Å². The molecule has 36 heavy (non-hydrogen) atoms. The molecule has 5 rings (SSSR count). The number of rotatable bonds is 5. The Labute approximate surface area is 211 Å². The highest BCUT2D eigenvalue weighted by atomic mass is 16.2. The maximum atomic E-state index is 13.0. The van der Waals surface area contributed by atoms with Crippen LogP contribution in [0.25, 0.3) is 0 Å². The average Bonchev–Trinajstić information content (AvgIpc) is 2.87. The molecule has 1 saturated heterocycles. The van der Waals surface area contributed by atoms with Crippen LogP contribution < -0.4 is 22.3 Å². The van der Waals surface area contributed by atoms with Crippen LogP contribution >= 0.6 is 0 Å². The molecule has 3 aromatic rings. The number of nitrogen functional groups attached to an aromatic ring is 2. The second kappa shape index (κ2) is 10.1. The molecule has 0 unspecified atom stereocenters. The van der Waals surface area contributed by atoms with E-state index in [1.165, 1.54) is 16.7 Å². The highest BCUT2D eigenvalue weighted by molar-refractivity contribution is 5.96. The lowest BCUT2D eigenvalue weighted by atomic mass is 9.98. The number of hydrogen-bond donors (Lipinski definition) is 4. The number of likely N-dealkylation sites (tertiary alicyclic amines) is 1. The summed E-state index contributed by atoms with van der Waals surface area (Å²) in [5.41, 5.74) is 16.0. The van der Waals surface area contributed by atoms with Crippen LogP contribution in [0, 0.1) is 13.8 Å². The van der Waals surface area contributed by atoms with E-state index in [9.17, 15) is 4.79 Å². The summed E-state index contributed by atoms with van der Waals surface area (Å²) >= 11 is 0. The summed E-state index contributed by atoms with van der Waals surface area (Å²) in [6, 6.07) is 12.0. The van der Waals surface area contributed by atoms with E-state index in [0.717, 1.165) is 56.8 Å². The molecule has 1 amide bonds. The number of anilines is 4. The van der Waals surface area contributed by atoms with Crippen LogP contribution in [0.4, 0.5) is 23.0 Å². The van der Waals surface area contributed by atoms with Crippen molar-refractivity contribution in [3.05, 3.63) is 70.5 Å². The van der Waals surface area contributed by atoms with Gasteiger partial charge in [0.25, 0.3) is 5.91 Å². The predicted molar refractivity (Wildman–Crippen MR) is 143 cm³/mol. The van der Waals surface area contributed by atoms with E-state index in [1.54, 1.807) is 18.2 Å². The topological polar surface area (TPSA) is 125 Å². The second-order valence-electron chi connectivity index (χ2n) is 9.86. The Balaban J connectivity index is 1.18. The SMILES string of the molecule is Cc1cc(C)cc(Nc2ncc3c(n2)CCN(C2CCN(C(=O)c4ccc(NN)c(N)c4)CC2)C3)c1. The van der Waals surface area contributed by atoms with Crippen molar-refractivity contribution in [2.75, 3.05) is 36.1 Å². The number of carbonyl (C=O) groups excluding carboxylic acids is 1. The summed E-state index contributed by atoms with van der Waals surface area (Å²) < 4.78 is 0. The van der Waals surface area contributed by atoms with Gasteiger partial charge in [0, 0.05) is 61.7 Å². The molecule has 0 radical (unpaired) electrons.